The number of rotatable bonds is 9. The molecule has 6 nitrogen and oxygen atoms in total. The van der Waals surface area contributed by atoms with Crippen LogP contribution in [-0.2, 0) is 4.79 Å². The maximum atomic E-state index is 13.2. The molecule has 0 bridgehead atoms. The second-order valence-corrected chi connectivity index (χ2v) is 8.87. The molecule has 0 aliphatic carbocycles. The summed E-state index contributed by atoms with van der Waals surface area (Å²) in [4.78, 5) is 40.6. The second-order valence-electron chi connectivity index (χ2n) is 7.92. The first-order valence-corrected chi connectivity index (χ1v) is 12.0. The highest BCUT2D eigenvalue weighted by molar-refractivity contribution is 7.12. The molecule has 3 amide bonds. The lowest BCUT2D eigenvalue weighted by molar-refractivity contribution is -0.126. The molecule has 1 fully saturated rings. The summed E-state index contributed by atoms with van der Waals surface area (Å²) in [6.07, 6.45) is 6.06. The Labute approximate surface area is 188 Å². The Bertz CT molecular complexity index is 882. The predicted molar refractivity (Wildman–Crippen MR) is 124 cm³/mol. The number of thiophene rings is 1. The summed E-state index contributed by atoms with van der Waals surface area (Å²) < 4.78 is 0. The predicted octanol–water partition coefficient (Wildman–Crippen LogP) is 4.55. The zero-order valence-corrected chi connectivity index (χ0v) is 18.9. The molecule has 2 heterocycles. The third-order valence-electron chi connectivity index (χ3n) is 5.56. The summed E-state index contributed by atoms with van der Waals surface area (Å²) in [6, 6.07) is 10.6. The van der Waals surface area contributed by atoms with Gasteiger partial charge in [0.2, 0.25) is 5.91 Å². The van der Waals surface area contributed by atoms with Crippen LogP contribution in [0.1, 0.15) is 65.5 Å². The molecule has 1 aliphatic heterocycles. The molecule has 1 unspecified atom stereocenters. The van der Waals surface area contributed by atoms with Crippen LogP contribution >= 0.6 is 11.3 Å². The van der Waals surface area contributed by atoms with Gasteiger partial charge in [0.15, 0.2) is 0 Å². The number of anilines is 1. The van der Waals surface area contributed by atoms with Gasteiger partial charge in [-0.15, -0.1) is 11.3 Å². The summed E-state index contributed by atoms with van der Waals surface area (Å²) in [5.74, 6) is -0.526. The van der Waals surface area contributed by atoms with E-state index in [1.54, 1.807) is 35.2 Å². The lowest BCUT2D eigenvalue weighted by atomic mass is 9.96. The molecule has 2 N–H and O–H groups in total. The molecule has 0 spiro atoms. The van der Waals surface area contributed by atoms with Crippen LogP contribution in [0.15, 0.2) is 41.8 Å². The minimum absolute atomic E-state index is 0.0354. The van der Waals surface area contributed by atoms with Gasteiger partial charge in [-0.3, -0.25) is 14.4 Å². The van der Waals surface area contributed by atoms with Gasteiger partial charge in [-0.2, -0.15) is 0 Å². The maximum Gasteiger partial charge on any atom is 0.265 e. The van der Waals surface area contributed by atoms with Crippen LogP contribution in [0.25, 0.3) is 0 Å². The van der Waals surface area contributed by atoms with Crippen LogP contribution in [0.5, 0.6) is 0 Å². The summed E-state index contributed by atoms with van der Waals surface area (Å²) >= 11 is 1.35. The first-order chi connectivity index (χ1) is 15.1. The third-order valence-corrected chi connectivity index (χ3v) is 6.43. The minimum atomic E-state index is -0.228. The molecule has 1 aromatic heterocycles. The van der Waals surface area contributed by atoms with Crippen LogP contribution in [0.4, 0.5) is 5.69 Å². The normalized spacial score (nSPS) is 16.0. The van der Waals surface area contributed by atoms with Gasteiger partial charge in [0.05, 0.1) is 22.0 Å². The fourth-order valence-electron chi connectivity index (χ4n) is 3.82. The van der Waals surface area contributed by atoms with Crippen LogP contribution in [-0.4, -0.2) is 42.3 Å². The van der Waals surface area contributed by atoms with Crippen molar-refractivity contribution in [2.75, 3.05) is 25.0 Å². The molecule has 1 aromatic carbocycles. The molecule has 166 valence electrons. The average Bonchev–Trinajstić information content (AvgIpc) is 3.34. The van der Waals surface area contributed by atoms with E-state index in [4.69, 9.17) is 0 Å². The number of nitrogens with one attached hydrogen (secondary N) is 2. The Balaban J connectivity index is 1.60. The van der Waals surface area contributed by atoms with Gasteiger partial charge in [0.25, 0.3) is 11.8 Å². The van der Waals surface area contributed by atoms with Crippen molar-refractivity contribution >= 4 is 34.7 Å². The Morgan fingerprint density at radius 2 is 1.94 bits per heavy atom. The smallest absolute Gasteiger partial charge is 0.265 e. The van der Waals surface area contributed by atoms with Gasteiger partial charge in [-0.05, 0) is 42.8 Å². The Morgan fingerprint density at radius 1 is 1.10 bits per heavy atom. The zero-order valence-electron chi connectivity index (χ0n) is 18.1. The minimum Gasteiger partial charge on any atom is -0.356 e. The van der Waals surface area contributed by atoms with Crippen molar-refractivity contribution in [2.24, 2.45) is 5.92 Å². The van der Waals surface area contributed by atoms with Crippen molar-refractivity contribution in [1.29, 1.82) is 0 Å². The molecule has 2 aromatic rings. The van der Waals surface area contributed by atoms with Gasteiger partial charge in [0.1, 0.15) is 0 Å². The lowest BCUT2D eigenvalue weighted by Crippen LogP contribution is -2.45. The van der Waals surface area contributed by atoms with Crippen LogP contribution < -0.4 is 10.6 Å². The van der Waals surface area contributed by atoms with Crippen molar-refractivity contribution < 1.29 is 14.4 Å². The standard InChI is InChI=1S/C24H31N3O3S/c1-2-3-4-7-14-25-22(28)18-10-8-15-27(17-18)24(30)19-11-5-6-12-20(19)26-23(29)21-13-9-16-31-21/h5-6,9,11-13,16,18H,2-4,7-8,10,14-15,17H2,1H3,(H,25,28)(H,26,29). The van der Waals surface area contributed by atoms with Crippen molar-refractivity contribution in [1.82, 2.24) is 10.2 Å². The van der Waals surface area contributed by atoms with E-state index in [1.165, 1.54) is 24.2 Å². The molecule has 0 radical (unpaired) electrons. The van der Waals surface area contributed by atoms with E-state index in [0.29, 0.717) is 35.8 Å². The molecule has 1 aliphatic rings. The molecule has 0 saturated carbocycles. The van der Waals surface area contributed by atoms with Gasteiger partial charge in [0, 0.05) is 19.6 Å². The monoisotopic (exact) mass is 441 g/mol. The zero-order chi connectivity index (χ0) is 22.1. The number of carbonyl (C=O) groups excluding carboxylic acids is 3. The first-order valence-electron chi connectivity index (χ1n) is 11.1. The Hall–Kier alpha value is -2.67. The number of hydrogen-bond acceptors (Lipinski definition) is 4. The summed E-state index contributed by atoms with van der Waals surface area (Å²) in [6.45, 7) is 3.89. The SMILES string of the molecule is CCCCCCNC(=O)C1CCCN(C(=O)c2ccccc2NC(=O)c2cccs2)C1. The number of likely N-dealkylation sites (tertiary alicyclic amines) is 1. The number of carbonyl (C=O) groups is 3. The van der Waals surface area contributed by atoms with E-state index in [2.05, 4.69) is 17.6 Å². The number of amides is 3. The molecule has 1 saturated heterocycles. The average molecular weight is 442 g/mol. The molecule has 1 atom stereocenters. The van der Waals surface area contributed by atoms with Crippen molar-refractivity contribution in [3.05, 3.63) is 52.2 Å². The van der Waals surface area contributed by atoms with Crippen LogP contribution in [0, 0.1) is 5.92 Å². The van der Waals surface area contributed by atoms with Gasteiger partial charge < -0.3 is 15.5 Å². The van der Waals surface area contributed by atoms with E-state index in [1.807, 2.05) is 11.4 Å². The topological polar surface area (TPSA) is 78.5 Å². The van der Waals surface area contributed by atoms with E-state index in [9.17, 15) is 14.4 Å². The molecular weight excluding hydrogens is 410 g/mol. The van der Waals surface area contributed by atoms with Gasteiger partial charge in [-0.1, -0.05) is 44.4 Å². The maximum absolute atomic E-state index is 13.2. The van der Waals surface area contributed by atoms with Crippen molar-refractivity contribution in [3.63, 3.8) is 0 Å². The van der Waals surface area contributed by atoms with Crippen LogP contribution in [0.2, 0.25) is 0 Å². The third kappa shape index (κ3) is 6.40. The van der Waals surface area contributed by atoms with E-state index >= 15 is 0 Å². The van der Waals surface area contributed by atoms with E-state index in [0.717, 1.165) is 25.7 Å². The summed E-state index contributed by atoms with van der Waals surface area (Å²) in [7, 11) is 0. The van der Waals surface area contributed by atoms with Gasteiger partial charge in [-0.25, -0.2) is 0 Å². The van der Waals surface area contributed by atoms with Gasteiger partial charge >= 0.3 is 0 Å². The second kappa shape index (κ2) is 11.6. The molecule has 31 heavy (non-hydrogen) atoms. The Morgan fingerprint density at radius 3 is 2.71 bits per heavy atom. The number of para-hydroxylation sites is 1. The number of piperidine rings is 1. The number of unbranched alkanes of at least 4 members (excludes halogenated alkanes) is 3. The molecular formula is C24H31N3O3S. The highest BCUT2D eigenvalue weighted by atomic mass is 32.1. The molecule has 7 heteroatoms. The van der Waals surface area contributed by atoms with Crippen LogP contribution in [0.3, 0.4) is 0 Å². The largest absolute Gasteiger partial charge is 0.356 e. The quantitative estimate of drug-likeness (QED) is 0.561. The lowest BCUT2D eigenvalue weighted by Gasteiger charge is -2.32. The number of nitrogens with zero attached hydrogens (tertiary/aromatic N) is 1. The number of hydrogen-bond donors (Lipinski definition) is 2. The fraction of sp³-hybridized carbons (Fsp3) is 0.458. The summed E-state index contributed by atoms with van der Waals surface area (Å²) in [5, 5.41) is 7.73. The Kier molecular flexibility index (Phi) is 8.64. The van der Waals surface area contributed by atoms with Crippen molar-refractivity contribution in [3.8, 4) is 0 Å². The molecule has 3 rings (SSSR count). The van der Waals surface area contributed by atoms with E-state index in [-0.39, 0.29) is 23.6 Å². The van der Waals surface area contributed by atoms with E-state index < -0.39 is 0 Å². The highest BCUT2D eigenvalue weighted by Gasteiger charge is 2.29. The number of benzene rings is 1. The first kappa shape index (κ1) is 23.0. The van der Waals surface area contributed by atoms with Crippen molar-refractivity contribution in [2.45, 2.75) is 45.4 Å². The fourth-order valence-corrected chi connectivity index (χ4v) is 4.44. The summed E-state index contributed by atoms with van der Waals surface area (Å²) in [5.41, 5.74) is 0.946. The highest BCUT2D eigenvalue weighted by Crippen LogP contribution is 2.23.